The molecule has 1 amide bonds. The molecule has 3 atom stereocenters. The average Bonchev–Trinajstić information content (AvgIpc) is 3.36. The van der Waals surface area contributed by atoms with Crippen LogP contribution in [0.5, 0.6) is 0 Å². The molecule has 1 aliphatic carbocycles. The number of anilines is 1. The molecule has 5 nitrogen and oxygen atoms in total. The van der Waals surface area contributed by atoms with Gasteiger partial charge in [0.2, 0.25) is 5.91 Å². The van der Waals surface area contributed by atoms with E-state index in [1.807, 2.05) is 0 Å². The third-order valence-electron chi connectivity index (χ3n) is 5.74. The van der Waals surface area contributed by atoms with E-state index in [9.17, 15) is 4.79 Å². The van der Waals surface area contributed by atoms with Crippen molar-refractivity contribution >= 4 is 33.3 Å². The number of rotatable bonds is 2. The fourth-order valence-corrected chi connectivity index (χ4v) is 5.40. The first-order chi connectivity index (χ1) is 11.3. The smallest absolute Gasteiger partial charge is 0.245 e. The van der Waals surface area contributed by atoms with Gasteiger partial charge < -0.3 is 9.80 Å². The molecule has 2 aromatic rings. The molecule has 4 heterocycles. The van der Waals surface area contributed by atoms with Gasteiger partial charge in [0.15, 0.2) is 0 Å². The van der Waals surface area contributed by atoms with Crippen LogP contribution in [0.2, 0.25) is 0 Å². The molecule has 2 aromatic heterocycles. The van der Waals surface area contributed by atoms with Crippen molar-refractivity contribution in [1.82, 2.24) is 14.9 Å². The quantitative estimate of drug-likeness (QED) is 0.850. The first-order valence-electron chi connectivity index (χ1n) is 8.56. The Bertz CT molecular complexity index is 760. The maximum atomic E-state index is 13.1. The van der Waals surface area contributed by atoms with E-state index in [2.05, 4.69) is 31.2 Å². The predicted octanol–water partition coefficient (Wildman–Crippen LogP) is 2.67. The molecule has 23 heavy (non-hydrogen) atoms. The number of nitrogens with zero attached hydrogens (tertiary/aromatic N) is 4. The lowest BCUT2D eigenvalue weighted by Crippen LogP contribution is -2.48. The average molecular weight is 328 g/mol. The molecule has 0 radical (unpaired) electrons. The van der Waals surface area contributed by atoms with Crippen molar-refractivity contribution in [3.8, 4) is 0 Å². The van der Waals surface area contributed by atoms with Gasteiger partial charge in [-0.05, 0) is 49.5 Å². The van der Waals surface area contributed by atoms with Crippen LogP contribution in [0.4, 0.5) is 5.82 Å². The molecule has 2 bridgehead atoms. The second-order valence-electron chi connectivity index (χ2n) is 7.01. The van der Waals surface area contributed by atoms with Gasteiger partial charge in [0.05, 0.1) is 5.39 Å². The fraction of sp³-hybridized carbons (Fsp3) is 0.588. The van der Waals surface area contributed by atoms with Crippen molar-refractivity contribution in [1.29, 1.82) is 0 Å². The lowest BCUT2D eigenvalue weighted by Gasteiger charge is -2.33. The SMILES string of the molecule is O=C(C1CCCN1c1ncnc2sccc12)N1CC2CCC1C2. The number of hydrogen-bond donors (Lipinski definition) is 0. The zero-order chi connectivity index (χ0) is 15.4. The Hall–Kier alpha value is -1.69. The molecule has 0 spiro atoms. The highest BCUT2D eigenvalue weighted by molar-refractivity contribution is 7.16. The van der Waals surface area contributed by atoms with Gasteiger partial charge in [0.25, 0.3) is 0 Å². The van der Waals surface area contributed by atoms with Crippen LogP contribution in [0.3, 0.4) is 0 Å². The third kappa shape index (κ3) is 2.07. The van der Waals surface area contributed by atoms with Gasteiger partial charge in [0, 0.05) is 19.1 Å². The van der Waals surface area contributed by atoms with E-state index in [1.54, 1.807) is 17.7 Å². The summed E-state index contributed by atoms with van der Waals surface area (Å²) >= 11 is 1.63. The van der Waals surface area contributed by atoms with Crippen molar-refractivity contribution < 1.29 is 4.79 Å². The minimum Gasteiger partial charge on any atom is -0.344 e. The van der Waals surface area contributed by atoms with Crippen LogP contribution in [0.15, 0.2) is 17.8 Å². The maximum absolute atomic E-state index is 13.1. The Morgan fingerprint density at radius 3 is 3.04 bits per heavy atom. The van der Waals surface area contributed by atoms with Gasteiger partial charge >= 0.3 is 0 Å². The molecule has 1 saturated carbocycles. The summed E-state index contributed by atoms with van der Waals surface area (Å²) in [5.41, 5.74) is 0. The molecule has 5 rings (SSSR count). The number of likely N-dealkylation sites (tertiary alicyclic amines) is 1. The van der Waals surface area contributed by atoms with Gasteiger partial charge in [-0.25, -0.2) is 9.97 Å². The molecular weight excluding hydrogens is 308 g/mol. The summed E-state index contributed by atoms with van der Waals surface area (Å²) in [6, 6.07) is 2.54. The first kappa shape index (κ1) is 13.7. The minimum absolute atomic E-state index is 0.0349. The number of amides is 1. The number of carbonyl (C=O) groups is 1. The second kappa shape index (κ2) is 5.16. The van der Waals surface area contributed by atoms with Crippen molar-refractivity contribution in [2.24, 2.45) is 5.92 Å². The lowest BCUT2D eigenvalue weighted by atomic mass is 10.1. The molecule has 2 saturated heterocycles. The van der Waals surface area contributed by atoms with E-state index in [4.69, 9.17) is 0 Å². The molecule has 2 aliphatic heterocycles. The van der Waals surface area contributed by atoms with Crippen LogP contribution in [0.25, 0.3) is 10.2 Å². The van der Waals surface area contributed by atoms with Crippen LogP contribution in [-0.2, 0) is 4.79 Å². The van der Waals surface area contributed by atoms with Crippen LogP contribution in [0.1, 0.15) is 32.1 Å². The van der Waals surface area contributed by atoms with Crippen LogP contribution in [0, 0.1) is 5.92 Å². The Kier molecular flexibility index (Phi) is 3.08. The van der Waals surface area contributed by atoms with Gasteiger partial charge in [-0.15, -0.1) is 11.3 Å². The minimum atomic E-state index is -0.0349. The highest BCUT2D eigenvalue weighted by Gasteiger charge is 2.44. The van der Waals surface area contributed by atoms with E-state index in [-0.39, 0.29) is 6.04 Å². The highest BCUT2D eigenvalue weighted by Crippen LogP contribution is 2.39. The molecular formula is C17H20N4OS. The number of fused-ring (bicyclic) bond motifs is 3. The largest absolute Gasteiger partial charge is 0.344 e. The van der Waals surface area contributed by atoms with Gasteiger partial charge in [-0.2, -0.15) is 0 Å². The Morgan fingerprint density at radius 2 is 2.22 bits per heavy atom. The van der Waals surface area contributed by atoms with Gasteiger partial charge in [0.1, 0.15) is 23.0 Å². The van der Waals surface area contributed by atoms with Crippen LogP contribution >= 0.6 is 11.3 Å². The summed E-state index contributed by atoms with van der Waals surface area (Å²) in [4.78, 5) is 27.4. The molecule has 120 valence electrons. The number of aromatic nitrogens is 2. The summed E-state index contributed by atoms with van der Waals surface area (Å²) in [7, 11) is 0. The van der Waals surface area contributed by atoms with E-state index in [0.29, 0.717) is 11.9 Å². The standard InChI is InChI=1S/C17H20N4OS/c22-17(21-9-11-3-4-12(21)8-11)14-2-1-6-20(14)15-13-5-7-23-16(13)19-10-18-15/h5,7,10-12,14H,1-4,6,8-9H2. The number of thiophene rings is 1. The van der Waals surface area contributed by atoms with Crippen molar-refractivity contribution in [3.63, 3.8) is 0 Å². The molecule has 0 N–H and O–H groups in total. The van der Waals surface area contributed by atoms with E-state index in [0.717, 1.165) is 47.9 Å². The van der Waals surface area contributed by atoms with Crippen molar-refractivity contribution in [3.05, 3.63) is 17.8 Å². The molecule has 3 aliphatic rings. The van der Waals surface area contributed by atoms with Crippen molar-refractivity contribution in [2.75, 3.05) is 18.0 Å². The fourth-order valence-electron chi connectivity index (χ4n) is 4.67. The van der Waals surface area contributed by atoms with E-state index in [1.165, 1.54) is 19.3 Å². The predicted molar refractivity (Wildman–Crippen MR) is 90.6 cm³/mol. The first-order valence-corrected chi connectivity index (χ1v) is 9.44. The van der Waals surface area contributed by atoms with Gasteiger partial charge in [-0.3, -0.25) is 4.79 Å². The van der Waals surface area contributed by atoms with Gasteiger partial charge in [-0.1, -0.05) is 0 Å². The maximum Gasteiger partial charge on any atom is 0.245 e. The number of piperidine rings is 1. The van der Waals surface area contributed by atoms with Crippen LogP contribution in [-0.4, -0.2) is 45.9 Å². The van der Waals surface area contributed by atoms with E-state index < -0.39 is 0 Å². The lowest BCUT2D eigenvalue weighted by molar-refractivity contribution is -0.134. The monoisotopic (exact) mass is 328 g/mol. The summed E-state index contributed by atoms with van der Waals surface area (Å²) in [5.74, 6) is 2.02. The van der Waals surface area contributed by atoms with Crippen molar-refractivity contribution in [2.45, 2.75) is 44.2 Å². The zero-order valence-electron chi connectivity index (χ0n) is 13.0. The Labute approximate surface area is 139 Å². The molecule has 3 fully saturated rings. The summed E-state index contributed by atoms with van der Waals surface area (Å²) in [6.45, 7) is 1.89. The molecule has 6 heteroatoms. The number of carbonyl (C=O) groups excluding carboxylic acids is 1. The zero-order valence-corrected chi connectivity index (χ0v) is 13.8. The summed E-state index contributed by atoms with van der Waals surface area (Å²) in [5, 5.41) is 3.13. The summed E-state index contributed by atoms with van der Waals surface area (Å²) in [6.07, 6.45) is 7.37. The molecule has 0 aromatic carbocycles. The molecule has 3 unspecified atom stereocenters. The highest BCUT2D eigenvalue weighted by atomic mass is 32.1. The Balaban J connectivity index is 1.46. The second-order valence-corrected chi connectivity index (χ2v) is 7.91. The van der Waals surface area contributed by atoms with Crippen LogP contribution < -0.4 is 4.90 Å². The third-order valence-corrected chi connectivity index (χ3v) is 6.56. The Morgan fingerprint density at radius 1 is 1.26 bits per heavy atom. The number of hydrogen-bond acceptors (Lipinski definition) is 5. The van der Waals surface area contributed by atoms with E-state index >= 15 is 0 Å². The normalized spacial score (nSPS) is 29.8. The topological polar surface area (TPSA) is 49.3 Å². The summed E-state index contributed by atoms with van der Waals surface area (Å²) < 4.78 is 0.